The summed E-state index contributed by atoms with van der Waals surface area (Å²) in [5, 5.41) is 12.9. The quantitative estimate of drug-likeness (QED) is 0.744. The van der Waals surface area contributed by atoms with Crippen LogP contribution in [0.25, 0.3) is 0 Å². The van der Waals surface area contributed by atoms with Gasteiger partial charge in [-0.3, -0.25) is 0 Å². The standard InChI is InChI=1S/C14H15NO/c1-10-6-5-7-11(2)14(10)15-12-8-3-4-9-13(12)16/h3-9,15-16H,1-2H3. The topological polar surface area (TPSA) is 32.3 Å². The molecule has 0 fully saturated rings. The lowest BCUT2D eigenvalue weighted by atomic mass is 10.1. The second-order valence-corrected chi connectivity index (χ2v) is 3.91. The van der Waals surface area contributed by atoms with Gasteiger partial charge < -0.3 is 10.4 Å². The number of aryl methyl sites for hydroxylation is 2. The highest BCUT2D eigenvalue weighted by Crippen LogP contribution is 2.29. The number of aromatic hydroxyl groups is 1. The zero-order valence-corrected chi connectivity index (χ0v) is 9.49. The molecule has 2 aromatic rings. The van der Waals surface area contributed by atoms with E-state index in [1.165, 1.54) is 11.1 Å². The Morgan fingerprint density at radius 2 is 1.50 bits per heavy atom. The van der Waals surface area contributed by atoms with E-state index in [-0.39, 0.29) is 5.75 Å². The first-order chi connectivity index (χ1) is 7.68. The van der Waals surface area contributed by atoms with Crippen LogP contribution in [-0.4, -0.2) is 5.11 Å². The van der Waals surface area contributed by atoms with Crippen LogP contribution in [-0.2, 0) is 0 Å². The number of benzene rings is 2. The Balaban J connectivity index is 2.38. The molecule has 0 aliphatic carbocycles. The summed E-state index contributed by atoms with van der Waals surface area (Å²) >= 11 is 0. The van der Waals surface area contributed by atoms with Gasteiger partial charge in [0.1, 0.15) is 5.75 Å². The van der Waals surface area contributed by atoms with Crippen molar-refractivity contribution in [3.05, 3.63) is 53.6 Å². The van der Waals surface area contributed by atoms with E-state index in [2.05, 4.69) is 31.3 Å². The lowest BCUT2D eigenvalue weighted by Crippen LogP contribution is -1.95. The predicted octanol–water partition coefficient (Wildman–Crippen LogP) is 3.75. The molecule has 0 bridgehead atoms. The van der Waals surface area contributed by atoms with Crippen molar-refractivity contribution in [3.63, 3.8) is 0 Å². The Kier molecular flexibility index (Phi) is 2.82. The Morgan fingerprint density at radius 3 is 2.12 bits per heavy atom. The molecule has 0 radical (unpaired) electrons. The fourth-order valence-corrected chi connectivity index (χ4v) is 1.73. The van der Waals surface area contributed by atoms with Gasteiger partial charge in [-0.05, 0) is 37.1 Å². The van der Waals surface area contributed by atoms with Gasteiger partial charge in [0.05, 0.1) is 5.69 Å². The van der Waals surface area contributed by atoms with Crippen molar-refractivity contribution in [1.82, 2.24) is 0 Å². The highest BCUT2D eigenvalue weighted by Gasteiger charge is 2.04. The van der Waals surface area contributed by atoms with Crippen molar-refractivity contribution >= 4 is 11.4 Å². The second kappa shape index (κ2) is 4.27. The van der Waals surface area contributed by atoms with E-state index >= 15 is 0 Å². The fourth-order valence-electron chi connectivity index (χ4n) is 1.73. The normalized spacial score (nSPS) is 10.1. The minimum atomic E-state index is 0.269. The van der Waals surface area contributed by atoms with E-state index in [1.54, 1.807) is 6.07 Å². The predicted molar refractivity (Wildman–Crippen MR) is 67.3 cm³/mol. The molecule has 2 rings (SSSR count). The molecule has 0 saturated heterocycles. The minimum absolute atomic E-state index is 0.269. The third-order valence-electron chi connectivity index (χ3n) is 2.64. The van der Waals surface area contributed by atoms with Crippen molar-refractivity contribution in [2.45, 2.75) is 13.8 Å². The summed E-state index contributed by atoms with van der Waals surface area (Å²) in [4.78, 5) is 0. The molecule has 0 aliphatic rings. The van der Waals surface area contributed by atoms with Crippen LogP contribution in [0, 0.1) is 13.8 Å². The molecule has 0 spiro atoms. The maximum atomic E-state index is 9.69. The summed E-state index contributed by atoms with van der Waals surface area (Å²) in [5.74, 6) is 0.269. The molecule has 0 amide bonds. The molecular formula is C14H15NO. The molecule has 2 heteroatoms. The molecule has 16 heavy (non-hydrogen) atoms. The summed E-state index contributed by atoms with van der Waals surface area (Å²) in [7, 11) is 0. The first kappa shape index (κ1) is 10.6. The van der Waals surface area contributed by atoms with Gasteiger partial charge in [-0.25, -0.2) is 0 Å². The number of rotatable bonds is 2. The van der Waals surface area contributed by atoms with E-state index in [0.29, 0.717) is 0 Å². The van der Waals surface area contributed by atoms with Crippen LogP contribution < -0.4 is 5.32 Å². The molecule has 82 valence electrons. The number of nitrogens with one attached hydrogen (secondary N) is 1. The van der Waals surface area contributed by atoms with Crippen molar-refractivity contribution in [2.24, 2.45) is 0 Å². The molecule has 0 atom stereocenters. The summed E-state index contributed by atoms with van der Waals surface area (Å²) in [6.45, 7) is 4.10. The van der Waals surface area contributed by atoms with Crippen LogP contribution >= 0.6 is 0 Å². The molecule has 0 aromatic heterocycles. The zero-order valence-electron chi connectivity index (χ0n) is 9.49. The van der Waals surface area contributed by atoms with Crippen LogP contribution in [0.15, 0.2) is 42.5 Å². The number of phenols is 1. The third kappa shape index (κ3) is 2.01. The largest absolute Gasteiger partial charge is 0.506 e. The number of hydrogen-bond donors (Lipinski definition) is 2. The Labute approximate surface area is 95.6 Å². The van der Waals surface area contributed by atoms with Crippen molar-refractivity contribution in [1.29, 1.82) is 0 Å². The molecule has 0 aliphatic heterocycles. The van der Waals surface area contributed by atoms with E-state index in [1.807, 2.05) is 24.3 Å². The Bertz CT molecular complexity index is 486. The number of phenolic OH excluding ortho intramolecular Hbond substituents is 1. The second-order valence-electron chi connectivity index (χ2n) is 3.91. The summed E-state index contributed by atoms with van der Waals surface area (Å²) in [6.07, 6.45) is 0. The molecular weight excluding hydrogens is 198 g/mol. The van der Waals surface area contributed by atoms with Crippen LogP contribution in [0.3, 0.4) is 0 Å². The van der Waals surface area contributed by atoms with Gasteiger partial charge in [0.25, 0.3) is 0 Å². The van der Waals surface area contributed by atoms with Gasteiger partial charge in [-0.15, -0.1) is 0 Å². The average molecular weight is 213 g/mol. The third-order valence-corrected chi connectivity index (χ3v) is 2.64. The number of para-hydroxylation sites is 3. The minimum Gasteiger partial charge on any atom is -0.506 e. The van der Waals surface area contributed by atoms with E-state index < -0.39 is 0 Å². The van der Waals surface area contributed by atoms with Gasteiger partial charge in [-0.2, -0.15) is 0 Å². The van der Waals surface area contributed by atoms with Crippen molar-refractivity contribution in [2.75, 3.05) is 5.32 Å². The van der Waals surface area contributed by atoms with Crippen LogP contribution in [0.1, 0.15) is 11.1 Å². The molecule has 0 unspecified atom stereocenters. The highest BCUT2D eigenvalue weighted by atomic mass is 16.3. The fraction of sp³-hybridized carbons (Fsp3) is 0.143. The lowest BCUT2D eigenvalue weighted by Gasteiger charge is -2.13. The van der Waals surface area contributed by atoms with Crippen molar-refractivity contribution in [3.8, 4) is 5.75 Å². The van der Waals surface area contributed by atoms with Gasteiger partial charge >= 0.3 is 0 Å². The van der Waals surface area contributed by atoms with Gasteiger partial charge in [0, 0.05) is 5.69 Å². The molecule has 0 saturated carbocycles. The van der Waals surface area contributed by atoms with Crippen LogP contribution in [0.2, 0.25) is 0 Å². The summed E-state index contributed by atoms with van der Waals surface area (Å²) < 4.78 is 0. The zero-order chi connectivity index (χ0) is 11.5. The lowest BCUT2D eigenvalue weighted by molar-refractivity contribution is 0.478. The summed E-state index contributed by atoms with van der Waals surface area (Å²) in [6, 6.07) is 13.4. The monoisotopic (exact) mass is 213 g/mol. The number of hydrogen-bond acceptors (Lipinski definition) is 2. The smallest absolute Gasteiger partial charge is 0.139 e. The Hall–Kier alpha value is -1.96. The summed E-state index contributed by atoms with van der Waals surface area (Å²) in [5.41, 5.74) is 4.13. The molecule has 2 aromatic carbocycles. The highest BCUT2D eigenvalue weighted by molar-refractivity contribution is 5.70. The van der Waals surface area contributed by atoms with Gasteiger partial charge in [-0.1, -0.05) is 30.3 Å². The van der Waals surface area contributed by atoms with Crippen LogP contribution in [0.5, 0.6) is 5.75 Å². The van der Waals surface area contributed by atoms with E-state index in [4.69, 9.17) is 0 Å². The van der Waals surface area contributed by atoms with Gasteiger partial charge in [0.15, 0.2) is 0 Å². The average Bonchev–Trinajstić information content (AvgIpc) is 2.26. The molecule has 2 N–H and O–H groups in total. The SMILES string of the molecule is Cc1cccc(C)c1Nc1ccccc1O. The Morgan fingerprint density at radius 1 is 0.875 bits per heavy atom. The van der Waals surface area contributed by atoms with Gasteiger partial charge in [0.2, 0.25) is 0 Å². The van der Waals surface area contributed by atoms with E-state index in [9.17, 15) is 5.11 Å². The van der Waals surface area contributed by atoms with E-state index in [0.717, 1.165) is 11.4 Å². The van der Waals surface area contributed by atoms with Crippen LogP contribution in [0.4, 0.5) is 11.4 Å². The molecule has 0 heterocycles. The van der Waals surface area contributed by atoms with Crippen molar-refractivity contribution < 1.29 is 5.11 Å². The number of anilines is 2. The maximum Gasteiger partial charge on any atom is 0.139 e. The molecule has 2 nitrogen and oxygen atoms in total. The maximum absolute atomic E-state index is 9.69. The first-order valence-corrected chi connectivity index (χ1v) is 5.29. The first-order valence-electron chi connectivity index (χ1n) is 5.29.